The maximum atomic E-state index is 13.5. The van der Waals surface area contributed by atoms with Crippen LogP contribution in [0.1, 0.15) is 10.4 Å². The van der Waals surface area contributed by atoms with Crippen LogP contribution in [0.2, 0.25) is 0 Å². The van der Waals surface area contributed by atoms with Gasteiger partial charge in [0, 0.05) is 15.9 Å². The molecule has 1 rings (SSSR count). The molecule has 0 saturated carbocycles. The Hall–Kier alpha value is -0.845. The lowest BCUT2D eigenvalue weighted by Crippen LogP contribution is -2.36. The van der Waals surface area contributed by atoms with Crippen molar-refractivity contribution in [3.8, 4) is 0 Å². The van der Waals surface area contributed by atoms with Crippen molar-refractivity contribution >= 4 is 30.6 Å². The molecule has 6 heteroatoms. The van der Waals surface area contributed by atoms with Crippen LogP contribution in [0.5, 0.6) is 0 Å². The Morgan fingerprint density at radius 2 is 2.14 bits per heavy atom. The fourth-order valence-electron chi connectivity index (χ4n) is 1.11. The van der Waals surface area contributed by atoms with Crippen LogP contribution in [0.4, 0.5) is 4.39 Å². The van der Waals surface area contributed by atoms with Gasteiger partial charge in [-0.15, -0.1) is 11.8 Å². The van der Waals surface area contributed by atoms with Crippen molar-refractivity contribution < 1.29 is 19.2 Å². The maximum Gasteiger partial charge on any atom is 0.492 e. The summed E-state index contributed by atoms with van der Waals surface area (Å²) < 4.78 is 13.5. The predicted octanol–water partition coefficient (Wildman–Crippen LogP) is 0.0399. The van der Waals surface area contributed by atoms with Gasteiger partial charge < -0.3 is 10.0 Å². The zero-order valence-electron chi connectivity index (χ0n) is 7.40. The van der Waals surface area contributed by atoms with Crippen LogP contribution in [0.25, 0.3) is 0 Å². The molecule has 0 spiro atoms. The quantitative estimate of drug-likeness (QED) is 0.423. The SMILES string of the molecule is CSc1ccc(C=O)c(B(O)O)c1F. The van der Waals surface area contributed by atoms with E-state index in [4.69, 9.17) is 10.0 Å². The minimum absolute atomic E-state index is 0.0460. The number of halogens is 1. The molecular formula is C8H8BFO3S. The summed E-state index contributed by atoms with van der Waals surface area (Å²) in [6, 6.07) is 2.78. The average Bonchev–Trinajstić information content (AvgIpc) is 2.16. The van der Waals surface area contributed by atoms with Crippen molar-refractivity contribution in [3.63, 3.8) is 0 Å². The van der Waals surface area contributed by atoms with Crippen molar-refractivity contribution in [2.45, 2.75) is 4.90 Å². The molecule has 2 N–H and O–H groups in total. The lowest BCUT2D eigenvalue weighted by molar-refractivity contribution is 0.112. The molecular weight excluding hydrogens is 206 g/mol. The Bertz CT molecular complexity index is 357. The third-order valence-corrected chi connectivity index (χ3v) is 2.54. The average molecular weight is 214 g/mol. The highest BCUT2D eigenvalue weighted by molar-refractivity contribution is 7.98. The number of hydrogen-bond acceptors (Lipinski definition) is 4. The normalized spacial score (nSPS) is 10.0. The van der Waals surface area contributed by atoms with Gasteiger partial charge in [0.2, 0.25) is 0 Å². The van der Waals surface area contributed by atoms with Crippen molar-refractivity contribution in [3.05, 3.63) is 23.5 Å². The molecule has 1 aromatic rings. The van der Waals surface area contributed by atoms with Crippen molar-refractivity contribution in [1.82, 2.24) is 0 Å². The van der Waals surface area contributed by atoms with Crippen LogP contribution < -0.4 is 5.46 Å². The predicted molar refractivity (Wildman–Crippen MR) is 53.4 cm³/mol. The zero-order valence-corrected chi connectivity index (χ0v) is 8.21. The molecule has 0 aliphatic rings. The van der Waals surface area contributed by atoms with E-state index in [0.717, 1.165) is 11.8 Å². The molecule has 0 amide bonds. The van der Waals surface area contributed by atoms with Crippen LogP contribution in [0, 0.1) is 5.82 Å². The fourth-order valence-corrected chi connectivity index (χ4v) is 1.60. The van der Waals surface area contributed by atoms with Crippen LogP contribution in [0.3, 0.4) is 0 Å². The van der Waals surface area contributed by atoms with Gasteiger partial charge in [-0.1, -0.05) is 6.07 Å². The molecule has 0 atom stereocenters. The number of carbonyl (C=O) groups is 1. The fraction of sp³-hybridized carbons (Fsp3) is 0.125. The van der Waals surface area contributed by atoms with E-state index < -0.39 is 12.9 Å². The summed E-state index contributed by atoms with van der Waals surface area (Å²) in [4.78, 5) is 10.8. The number of hydrogen-bond donors (Lipinski definition) is 2. The summed E-state index contributed by atoms with van der Waals surface area (Å²) in [5, 5.41) is 17.8. The Kier molecular flexibility index (Phi) is 3.68. The lowest BCUT2D eigenvalue weighted by atomic mass is 9.77. The summed E-state index contributed by atoms with van der Waals surface area (Å²) in [6.45, 7) is 0. The first-order chi connectivity index (χ1) is 6.61. The molecule has 0 radical (unpaired) electrons. The van der Waals surface area contributed by atoms with Gasteiger partial charge in [0.1, 0.15) is 12.1 Å². The van der Waals surface area contributed by atoms with Crippen LogP contribution in [0.15, 0.2) is 17.0 Å². The lowest BCUT2D eigenvalue weighted by Gasteiger charge is -2.07. The number of carbonyl (C=O) groups excluding carboxylic acids is 1. The second-order valence-corrected chi connectivity index (χ2v) is 3.42. The molecule has 0 bridgehead atoms. The Labute approximate surface area is 85.1 Å². The minimum atomic E-state index is -1.97. The van der Waals surface area contributed by atoms with E-state index in [-0.39, 0.29) is 15.9 Å². The van der Waals surface area contributed by atoms with E-state index in [1.165, 1.54) is 12.1 Å². The monoisotopic (exact) mass is 214 g/mol. The second kappa shape index (κ2) is 4.59. The Morgan fingerprint density at radius 1 is 1.50 bits per heavy atom. The molecule has 3 nitrogen and oxygen atoms in total. The van der Waals surface area contributed by atoms with Gasteiger partial charge in [0.05, 0.1) is 0 Å². The van der Waals surface area contributed by atoms with Gasteiger partial charge in [-0.25, -0.2) is 4.39 Å². The van der Waals surface area contributed by atoms with Gasteiger partial charge in [-0.3, -0.25) is 4.79 Å². The largest absolute Gasteiger partial charge is 0.492 e. The summed E-state index contributed by atoms with van der Waals surface area (Å²) in [5.41, 5.74) is -0.415. The van der Waals surface area contributed by atoms with Gasteiger partial charge in [-0.2, -0.15) is 0 Å². The van der Waals surface area contributed by atoms with E-state index >= 15 is 0 Å². The first-order valence-corrected chi connectivity index (χ1v) is 5.02. The molecule has 0 unspecified atom stereocenters. The van der Waals surface area contributed by atoms with Crippen LogP contribution >= 0.6 is 11.8 Å². The first-order valence-electron chi connectivity index (χ1n) is 3.79. The highest BCUT2D eigenvalue weighted by atomic mass is 32.2. The number of thioether (sulfide) groups is 1. The maximum absolute atomic E-state index is 13.5. The standard InChI is InChI=1S/C8H8BFO3S/c1-14-6-3-2-5(4-11)7(8(6)10)9(12)13/h2-4,12-13H,1H3. The number of aldehydes is 1. The van der Waals surface area contributed by atoms with Gasteiger partial charge >= 0.3 is 7.12 Å². The summed E-state index contributed by atoms with van der Waals surface area (Å²) in [6.07, 6.45) is 2.05. The third-order valence-electron chi connectivity index (χ3n) is 1.78. The highest BCUT2D eigenvalue weighted by Gasteiger charge is 2.22. The van der Waals surface area contributed by atoms with Gasteiger partial charge in [0.15, 0.2) is 0 Å². The summed E-state index contributed by atoms with van der Waals surface area (Å²) in [7, 11) is -1.97. The zero-order chi connectivity index (χ0) is 10.7. The van der Waals surface area contributed by atoms with Gasteiger partial charge in [0.25, 0.3) is 0 Å². The highest BCUT2D eigenvalue weighted by Crippen LogP contribution is 2.18. The molecule has 0 aliphatic heterocycles. The van der Waals surface area contributed by atoms with Crippen LogP contribution in [-0.4, -0.2) is 29.7 Å². The van der Waals surface area contributed by atoms with E-state index in [0.29, 0.717) is 6.29 Å². The van der Waals surface area contributed by atoms with E-state index in [9.17, 15) is 9.18 Å². The van der Waals surface area contributed by atoms with E-state index in [1.807, 2.05) is 0 Å². The third kappa shape index (κ3) is 1.97. The molecule has 0 heterocycles. The van der Waals surface area contributed by atoms with E-state index in [1.54, 1.807) is 6.26 Å². The van der Waals surface area contributed by atoms with Crippen molar-refractivity contribution in [2.75, 3.05) is 6.26 Å². The second-order valence-electron chi connectivity index (χ2n) is 2.58. The summed E-state index contributed by atoms with van der Waals surface area (Å²) >= 11 is 1.13. The number of benzene rings is 1. The van der Waals surface area contributed by atoms with E-state index in [2.05, 4.69) is 0 Å². The van der Waals surface area contributed by atoms with Crippen LogP contribution in [-0.2, 0) is 0 Å². The Balaban J connectivity index is 3.38. The van der Waals surface area contributed by atoms with Crippen molar-refractivity contribution in [1.29, 1.82) is 0 Å². The molecule has 74 valence electrons. The summed E-state index contributed by atoms with van der Waals surface area (Å²) in [5.74, 6) is -0.753. The molecule has 14 heavy (non-hydrogen) atoms. The molecule has 0 fully saturated rings. The smallest absolute Gasteiger partial charge is 0.423 e. The molecule has 0 saturated heterocycles. The Morgan fingerprint density at radius 3 is 2.57 bits per heavy atom. The molecule has 0 aromatic heterocycles. The van der Waals surface area contributed by atoms with Gasteiger partial charge in [-0.05, 0) is 12.3 Å². The van der Waals surface area contributed by atoms with Crippen molar-refractivity contribution in [2.24, 2.45) is 0 Å². The topological polar surface area (TPSA) is 57.5 Å². The minimum Gasteiger partial charge on any atom is -0.423 e. The molecule has 0 aliphatic carbocycles. The first kappa shape index (κ1) is 11.2. The molecule has 1 aromatic carbocycles. The number of rotatable bonds is 3.